The van der Waals surface area contributed by atoms with E-state index in [-0.39, 0.29) is 12.4 Å². The molecule has 0 atom stereocenters. The molecule has 88 valence electrons. The normalized spacial score (nSPS) is 10.6. The Morgan fingerprint density at radius 2 is 1.81 bits per heavy atom. The molecule has 1 aromatic rings. The van der Waals surface area contributed by atoms with Crippen molar-refractivity contribution in [2.75, 3.05) is 0 Å². The van der Waals surface area contributed by atoms with Crippen LogP contribution in [0.4, 0.5) is 0 Å². The lowest BCUT2D eigenvalue weighted by Crippen LogP contribution is -2.10. The zero-order valence-corrected chi connectivity index (χ0v) is 9.87. The molecular formula is C12H17ClN2O. The Bertz CT molecular complexity index is 349. The molecular weight excluding hydrogens is 224 g/mol. The number of rotatable bonds is 5. The molecule has 1 aromatic carbocycles. The minimum atomic E-state index is -0.479. The number of nitrogens with two attached hydrogens (primary N) is 2. The van der Waals surface area contributed by atoms with E-state index in [1.54, 1.807) is 0 Å². The van der Waals surface area contributed by atoms with Gasteiger partial charge < -0.3 is 11.5 Å². The maximum Gasteiger partial charge on any atom is 0.243 e. The Balaban J connectivity index is 0.00000225. The highest BCUT2D eigenvalue weighted by Gasteiger charge is 1.95. The second-order valence-electron chi connectivity index (χ2n) is 3.46. The third-order valence-corrected chi connectivity index (χ3v) is 2.10. The van der Waals surface area contributed by atoms with Gasteiger partial charge in [-0.1, -0.05) is 30.3 Å². The fourth-order valence-electron chi connectivity index (χ4n) is 1.40. The standard InChI is InChI=1S/C12H16N2O.ClH/c13-11(9-12(14)15)8-4-7-10-5-2-1-3-6-10;/h1-3,5-6,9H,4,7-8,13H2,(H2,14,15);1H/b11-9+;. The first-order valence-corrected chi connectivity index (χ1v) is 4.98. The van der Waals surface area contributed by atoms with Crippen molar-refractivity contribution < 1.29 is 4.79 Å². The van der Waals surface area contributed by atoms with Gasteiger partial charge in [-0.2, -0.15) is 0 Å². The zero-order valence-electron chi connectivity index (χ0n) is 9.06. The number of hydrogen-bond donors (Lipinski definition) is 2. The molecule has 0 aliphatic rings. The third kappa shape index (κ3) is 6.09. The van der Waals surface area contributed by atoms with Gasteiger partial charge in [-0.05, 0) is 24.8 Å². The van der Waals surface area contributed by atoms with E-state index in [1.807, 2.05) is 18.2 Å². The van der Waals surface area contributed by atoms with Crippen LogP contribution in [0.3, 0.4) is 0 Å². The largest absolute Gasteiger partial charge is 0.402 e. The molecule has 0 heterocycles. The summed E-state index contributed by atoms with van der Waals surface area (Å²) in [7, 11) is 0. The number of amides is 1. The Morgan fingerprint density at radius 3 is 2.38 bits per heavy atom. The van der Waals surface area contributed by atoms with Crippen LogP contribution in [0.5, 0.6) is 0 Å². The van der Waals surface area contributed by atoms with Crippen molar-refractivity contribution >= 4 is 18.3 Å². The van der Waals surface area contributed by atoms with Crippen molar-refractivity contribution in [1.29, 1.82) is 0 Å². The van der Waals surface area contributed by atoms with E-state index in [0.29, 0.717) is 12.1 Å². The van der Waals surface area contributed by atoms with Gasteiger partial charge in [0.05, 0.1) is 0 Å². The summed E-state index contributed by atoms with van der Waals surface area (Å²) in [5.41, 5.74) is 12.4. The second kappa shape index (κ2) is 7.77. The molecule has 1 rings (SSSR count). The molecule has 4 N–H and O–H groups in total. The number of allylic oxidation sites excluding steroid dienone is 1. The Labute approximate surface area is 102 Å². The Hall–Kier alpha value is -1.48. The van der Waals surface area contributed by atoms with E-state index in [0.717, 1.165) is 12.8 Å². The number of carbonyl (C=O) groups is 1. The summed E-state index contributed by atoms with van der Waals surface area (Å²) in [5.74, 6) is -0.479. The van der Waals surface area contributed by atoms with E-state index in [1.165, 1.54) is 11.6 Å². The Morgan fingerprint density at radius 1 is 1.19 bits per heavy atom. The van der Waals surface area contributed by atoms with Gasteiger partial charge >= 0.3 is 0 Å². The molecule has 0 spiro atoms. The summed E-state index contributed by atoms with van der Waals surface area (Å²) in [6.45, 7) is 0. The summed E-state index contributed by atoms with van der Waals surface area (Å²) in [6.07, 6.45) is 3.89. The van der Waals surface area contributed by atoms with Gasteiger partial charge in [0.15, 0.2) is 0 Å². The lowest BCUT2D eigenvalue weighted by atomic mass is 10.1. The van der Waals surface area contributed by atoms with Gasteiger partial charge in [0.1, 0.15) is 0 Å². The zero-order chi connectivity index (χ0) is 11.1. The molecule has 0 bridgehead atoms. The number of benzene rings is 1. The topological polar surface area (TPSA) is 69.1 Å². The van der Waals surface area contributed by atoms with E-state index >= 15 is 0 Å². The summed E-state index contributed by atoms with van der Waals surface area (Å²) >= 11 is 0. The van der Waals surface area contributed by atoms with Gasteiger partial charge in [0, 0.05) is 11.8 Å². The van der Waals surface area contributed by atoms with Crippen LogP contribution in [0.15, 0.2) is 42.1 Å². The fourth-order valence-corrected chi connectivity index (χ4v) is 1.40. The van der Waals surface area contributed by atoms with Crippen molar-refractivity contribution in [2.45, 2.75) is 19.3 Å². The minimum Gasteiger partial charge on any atom is -0.402 e. The van der Waals surface area contributed by atoms with Crippen LogP contribution in [0.1, 0.15) is 18.4 Å². The highest BCUT2D eigenvalue weighted by Crippen LogP contribution is 2.06. The minimum absolute atomic E-state index is 0. The predicted molar refractivity (Wildman–Crippen MR) is 68.1 cm³/mol. The molecule has 0 aromatic heterocycles. The second-order valence-corrected chi connectivity index (χ2v) is 3.46. The number of primary amides is 1. The van der Waals surface area contributed by atoms with Gasteiger partial charge in [0.2, 0.25) is 5.91 Å². The molecule has 0 aliphatic carbocycles. The first-order valence-electron chi connectivity index (χ1n) is 4.98. The number of hydrogen-bond acceptors (Lipinski definition) is 2. The first-order chi connectivity index (χ1) is 7.18. The molecule has 1 amide bonds. The van der Waals surface area contributed by atoms with E-state index in [9.17, 15) is 4.79 Å². The molecule has 16 heavy (non-hydrogen) atoms. The van der Waals surface area contributed by atoms with Crippen LogP contribution in [-0.2, 0) is 11.2 Å². The lowest BCUT2D eigenvalue weighted by Gasteiger charge is -2.01. The molecule has 0 fully saturated rings. The summed E-state index contributed by atoms with van der Waals surface area (Å²) in [6, 6.07) is 10.2. The average Bonchev–Trinajstić information content (AvgIpc) is 2.18. The maximum absolute atomic E-state index is 10.5. The van der Waals surface area contributed by atoms with Gasteiger partial charge in [-0.25, -0.2) is 0 Å². The van der Waals surface area contributed by atoms with Gasteiger partial charge in [0.25, 0.3) is 0 Å². The monoisotopic (exact) mass is 240 g/mol. The van der Waals surface area contributed by atoms with E-state index in [4.69, 9.17) is 11.5 Å². The van der Waals surface area contributed by atoms with Gasteiger partial charge in [-0.15, -0.1) is 12.4 Å². The third-order valence-electron chi connectivity index (χ3n) is 2.10. The van der Waals surface area contributed by atoms with Crippen molar-refractivity contribution in [3.63, 3.8) is 0 Å². The van der Waals surface area contributed by atoms with E-state index in [2.05, 4.69) is 12.1 Å². The lowest BCUT2D eigenvalue weighted by molar-refractivity contribution is -0.113. The highest BCUT2D eigenvalue weighted by atomic mass is 35.5. The average molecular weight is 241 g/mol. The van der Waals surface area contributed by atoms with Gasteiger partial charge in [-0.3, -0.25) is 4.79 Å². The summed E-state index contributed by atoms with van der Waals surface area (Å²) in [4.78, 5) is 10.5. The summed E-state index contributed by atoms with van der Waals surface area (Å²) in [5, 5.41) is 0. The van der Waals surface area contributed by atoms with Crippen molar-refractivity contribution in [1.82, 2.24) is 0 Å². The molecule has 0 saturated carbocycles. The maximum atomic E-state index is 10.5. The summed E-state index contributed by atoms with van der Waals surface area (Å²) < 4.78 is 0. The van der Waals surface area contributed by atoms with Crippen molar-refractivity contribution in [3.05, 3.63) is 47.7 Å². The quantitative estimate of drug-likeness (QED) is 0.770. The fraction of sp³-hybridized carbons (Fsp3) is 0.250. The van der Waals surface area contributed by atoms with Crippen LogP contribution in [0.25, 0.3) is 0 Å². The molecule has 4 heteroatoms. The predicted octanol–water partition coefficient (Wildman–Crippen LogP) is 1.76. The number of carbonyl (C=O) groups excluding carboxylic acids is 1. The highest BCUT2D eigenvalue weighted by molar-refractivity contribution is 5.86. The van der Waals surface area contributed by atoms with Crippen molar-refractivity contribution in [2.24, 2.45) is 11.5 Å². The molecule has 0 unspecified atom stereocenters. The Kier molecular flexibility index (Phi) is 7.05. The molecule has 0 aliphatic heterocycles. The first kappa shape index (κ1) is 14.5. The molecule has 3 nitrogen and oxygen atoms in total. The van der Waals surface area contributed by atoms with Crippen LogP contribution in [-0.4, -0.2) is 5.91 Å². The molecule has 0 saturated heterocycles. The van der Waals surface area contributed by atoms with Crippen LogP contribution in [0, 0.1) is 0 Å². The van der Waals surface area contributed by atoms with Crippen LogP contribution >= 0.6 is 12.4 Å². The van der Waals surface area contributed by atoms with E-state index < -0.39 is 5.91 Å². The van der Waals surface area contributed by atoms with Crippen LogP contribution < -0.4 is 11.5 Å². The SMILES string of the molecule is Cl.NC(=O)/C=C(/N)CCCc1ccccc1. The smallest absolute Gasteiger partial charge is 0.243 e. The van der Waals surface area contributed by atoms with Crippen LogP contribution in [0.2, 0.25) is 0 Å². The van der Waals surface area contributed by atoms with Crippen molar-refractivity contribution in [3.8, 4) is 0 Å². The number of halogens is 1. The number of aryl methyl sites for hydroxylation is 1. The molecule has 0 radical (unpaired) electrons.